The van der Waals surface area contributed by atoms with Crippen molar-refractivity contribution in [1.82, 2.24) is 4.90 Å². The van der Waals surface area contributed by atoms with Crippen molar-refractivity contribution in [2.45, 2.75) is 13.8 Å². The van der Waals surface area contributed by atoms with Crippen molar-refractivity contribution >= 4 is 27.5 Å². The zero-order valence-electron chi connectivity index (χ0n) is 10.2. The molecule has 0 saturated carbocycles. The van der Waals surface area contributed by atoms with Crippen molar-refractivity contribution < 1.29 is 4.79 Å². The number of nitrogens with zero attached hydrogens (tertiary/aromatic N) is 2. The van der Waals surface area contributed by atoms with Gasteiger partial charge in [-0.15, -0.1) is 0 Å². The second kappa shape index (κ2) is 5.08. The molecule has 17 heavy (non-hydrogen) atoms. The van der Waals surface area contributed by atoms with E-state index in [0.29, 0.717) is 6.54 Å². The van der Waals surface area contributed by atoms with Gasteiger partial charge in [-0.3, -0.25) is 4.79 Å². The highest BCUT2D eigenvalue weighted by Gasteiger charge is 2.22. The predicted octanol–water partition coefficient (Wildman–Crippen LogP) is 2.43. The number of piperazine rings is 1. The Hall–Kier alpha value is -1.03. The second-order valence-corrected chi connectivity index (χ2v) is 5.18. The summed E-state index contributed by atoms with van der Waals surface area (Å²) in [5.74, 6) is 0.222. The van der Waals surface area contributed by atoms with Crippen LogP contribution in [0.25, 0.3) is 0 Å². The Morgan fingerprint density at radius 2 is 2.12 bits per heavy atom. The van der Waals surface area contributed by atoms with Gasteiger partial charge in [0.15, 0.2) is 0 Å². The van der Waals surface area contributed by atoms with Crippen LogP contribution in [0.5, 0.6) is 0 Å². The third-order valence-electron chi connectivity index (χ3n) is 3.21. The fourth-order valence-corrected chi connectivity index (χ4v) is 2.34. The zero-order valence-corrected chi connectivity index (χ0v) is 11.8. The summed E-state index contributed by atoms with van der Waals surface area (Å²) in [6.45, 7) is 7.14. The molecule has 4 heteroatoms. The minimum Gasteiger partial charge on any atom is -0.360 e. The largest absolute Gasteiger partial charge is 0.360 e. The van der Waals surface area contributed by atoms with Gasteiger partial charge in [-0.25, -0.2) is 0 Å². The molecule has 0 spiro atoms. The molecule has 0 radical (unpaired) electrons. The summed E-state index contributed by atoms with van der Waals surface area (Å²) < 4.78 is 1.11. The fraction of sp³-hybridized carbons (Fsp3) is 0.462. The standard InChI is InChI=1S/C13H17BrN2O/c1-3-15-6-7-16(9-13(15)17)11-4-5-12(14)10(2)8-11/h4-5,8H,3,6-7,9H2,1-2H3. The predicted molar refractivity (Wildman–Crippen MR) is 73.3 cm³/mol. The highest BCUT2D eigenvalue weighted by Crippen LogP contribution is 2.23. The molecule has 92 valence electrons. The summed E-state index contributed by atoms with van der Waals surface area (Å²) in [6, 6.07) is 6.23. The first kappa shape index (κ1) is 12.4. The summed E-state index contributed by atoms with van der Waals surface area (Å²) >= 11 is 3.49. The van der Waals surface area contributed by atoms with Crippen LogP contribution in [0, 0.1) is 6.92 Å². The number of rotatable bonds is 2. The first-order valence-electron chi connectivity index (χ1n) is 5.90. The summed E-state index contributed by atoms with van der Waals surface area (Å²) in [5.41, 5.74) is 2.34. The van der Waals surface area contributed by atoms with Crippen LogP contribution >= 0.6 is 15.9 Å². The minimum absolute atomic E-state index is 0.222. The molecule has 0 atom stereocenters. The molecule has 1 aromatic carbocycles. The molecule has 3 nitrogen and oxygen atoms in total. The van der Waals surface area contributed by atoms with E-state index in [4.69, 9.17) is 0 Å². The van der Waals surface area contributed by atoms with Gasteiger partial charge in [0.1, 0.15) is 0 Å². The smallest absolute Gasteiger partial charge is 0.242 e. The van der Waals surface area contributed by atoms with Crippen LogP contribution in [0.1, 0.15) is 12.5 Å². The molecule has 0 aromatic heterocycles. The SMILES string of the molecule is CCN1CCN(c2ccc(Br)c(C)c2)CC1=O. The lowest BCUT2D eigenvalue weighted by molar-refractivity contribution is -0.130. The van der Waals surface area contributed by atoms with Gasteiger partial charge >= 0.3 is 0 Å². The fourth-order valence-electron chi connectivity index (χ4n) is 2.09. The second-order valence-electron chi connectivity index (χ2n) is 4.33. The maximum Gasteiger partial charge on any atom is 0.242 e. The van der Waals surface area contributed by atoms with Gasteiger partial charge in [0.2, 0.25) is 5.91 Å². The Bertz CT molecular complexity index is 433. The first-order valence-corrected chi connectivity index (χ1v) is 6.70. The number of likely N-dealkylation sites (N-methyl/N-ethyl adjacent to an activating group) is 1. The molecule has 0 aliphatic carbocycles. The molecule has 1 aliphatic rings. The number of anilines is 1. The maximum absolute atomic E-state index is 11.8. The van der Waals surface area contributed by atoms with Crippen LogP contribution in [0.2, 0.25) is 0 Å². The molecule has 1 saturated heterocycles. The lowest BCUT2D eigenvalue weighted by Gasteiger charge is -2.35. The summed E-state index contributed by atoms with van der Waals surface area (Å²) in [5, 5.41) is 0. The Balaban J connectivity index is 2.14. The molecule has 0 unspecified atom stereocenters. The molecular formula is C13H17BrN2O. The summed E-state index contributed by atoms with van der Waals surface area (Å²) in [4.78, 5) is 15.9. The Morgan fingerprint density at radius 3 is 2.71 bits per heavy atom. The normalized spacial score (nSPS) is 16.5. The zero-order chi connectivity index (χ0) is 12.4. The van der Waals surface area contributed by atoms with Crippen molar-refractivity contribution in [3.8, 4) is 0 Å². The van der Waals surface area contributed by atoms with Gasteiger partial charge in [-0.05, 0) is 37.6 Å². The van der Waals surface area contributed by atoms with Gasteiger partial charge in [-0.2, -0.15) is 0 Å². The van der Waals surface area contributed by atoms with E-state index in [1.54, 1.807) is 0 Å². The third-order valence-corrected chi connectivity index (χ3v) is 4.10. The van der Waals surface area contributed by atoms with Crippen LogP contribution in [-0.2, 0) is 4.79 Å². The molecule has 1 heterocycles. The molecule has 2 rings (SSSR count). The average molecular weight is 297 g/mol. The third kappa shape index (κ3) is 2.63. The quantitative estimate of drug-likeness (QED) is 0.837. The number of halogens is 1. The van der Waals surface area contributed by atoms with E-state index in [1.165, 1.54) is 5.56 Å². The van der Waals surface area contributed by atoms with E-state index in [-0.39, 0.29) is 5.91 Å². The average Bonchev–Trinajstić information content (AvgIpc) is 2.32. The molecule has 1 fully saturated rings. The van der Waals surface area contributed by atoms with Gasteiger partial charge in [0, 0.05) is 29.8 Å². The number of carbonyl (C=O) groups is 1. The van der Waals surface area contributed by atoms with Gasteiger partial charge in [0.05, 0.1) is 6.54 Å². The van der Waals surface area contributed by atoms with Crippen LogP contribution in [-0.4, -0.2) is 37.0 Å². The number of aryl methyl sites for hydroxylation is 1. The maximum atomic E-state index is 11.8. The van der Waals surface area contributed by atoms with E-state index >= 15 is 0 Å². The number of carbonyl (C=O) groups excluding carboxylic acids is 1. The molecule has 1 aliphatic heterocycles. The van der Waals surface area contributed by atoms with E-state index in [1.807, 2.05) is 17.9 Å². The lowest BCUT2D eigenvalue weighted by atomic mass is 10.2. The van der Waals surface area contributed by atoms with Crippen molar-refractivity contribution in [2.75, 3.05) is 31.1 Å². The number of amides is 1. The van der Waals surface area contributed by atoms with Crippen LogP contribution < -0.4 is 4.90 Å². The van der Waals surface area contributed by atoms with E-state index in [2.05, 4.69) is 39.9 Å². The Kier molecular flexibility index (Phi) is 3.72. The van der Waals surface area contributed by atoms with Gasteiger partial charge in [-0.1, -0.05) is 15.9 Å². The van der Waals surface area contributed by atoms with E-state index in [9.17, 15) is 4.79 Å². The van der Waals surface area contributed by atoms with Crippen LogP contribution in [0.4, 0.5) is 5.69 Å². The monoisotopic (exact) mass is 296 g/mol. The number of hydrogen-bond acceptors (Lipinski definition) is 2. The molecule has 1 amide bonds. The van der Waals surface area contributed by atoms with Crippen molar-refractivity contribution in [1.29, 1.82) is 0 Å². The minimum atomic E-state index is 0.222. The van der Waals surface area contributed by atoms with E-state index < -0.39 is 0 Å². The first-order chi connectivity index (χ1) is 8.11. The van der Waals surface area contributed by atoms with Crippen LogP contribution in [0.3, 0.4) is 0 Å². The Labute approximate surface area is 111 Å². The van der Waals surface area contributed by atoms with E-state index in [0.717, 1.165) is 29.8 Å². The molecule has 0 N–H and O–H groups in total. The molecular weight excluding hydrogens is 280 g/mol. The highest BCUT2D eigenvalue weighted by atomic mass is 79.9. The summed E-state index contributed by atoms with van der Waals surface area (Å²) in [6.07, 6.45) is 0. The van der Waals surface area contributed by atoms with Crippen molar-refractivity contribution in [3.63, 3.8) is 0 Å². The van der Waals surface area contributed by atoms with Gasteiger partial charge in [0.25, 0.3) is 0 Å². The van der Waals surface area contributed by atoms with Gasteiger partial charge < -0.3 is 9.80 Å². The van der Waals surface area contributed by atoms with Crippen molar-refractivity contribution in [2.24, 2.45) is 0 Å². The Morgan fingerprint density at radius 1 is 1.35 bits per heavy atom. The molecule has 0 bridgehead atoms. The number of hydrogen-bond donors (Lipinski definition) is 0. The lowest BCUT2D eigenvalue weighted by Crippen LogP contribution is -2.50. The van der Waals surface area contributed by atoms with Crippen LogP contribution in [0.15, 0.2) is 22.7 Å². The number of benzene rings is 1. The van der Waals surface area contributed by atoms with Crippen molar-refractivity contribution in [3.05, 3.63) is 28.2 Å². The topological polar surface area (TPSA) is 23.6 Å². The summed E-state index contributed by atoms with van der Waals surface area (Å²) in [7, 11) is 0. The molecule has 1 aromatic rings. The highest BCUT2D eigenvalue weighted by molar-refractivity contribution is 9.10.